The van der Waals surface area contributed by atoms with Gasteiger partial charge in [0.2, 0.25) is 0 Å². The lowest BCUT2D eigenvalue weighted by atomic mass is 9.89. The summed E-state index contributed by atoms with van der Waals surface area (Å²) in [6, 6.07) is 6.33. The van der Waals surface area contributed by atoms with Gasteiger partial charge in [0, 0.05) is 17.2 Å². The molecular formula is C22H9N7O14. The molecule has 43 heavy (non-hydrogen) atoms. The Morgan fingerprint density at radius 3 is 1.12 bits per heavy atom. The highest BCUT2D eigenvalue weighted by molar-refractivity contribution is 6.13. The van der Waals surface area contributed by atoms with E-state index in [2.05, 4.69) is 0 Å². The highest BCUT2D eigenvalue weighted by Gasteiger charge is 2.36. The summed E-state index contributed by atoms with van der Waals surface area (Å²) >= 11 is 0. The third kappa shape index (κ3) is 4.90. The number of nitrogens with zero attached hydrogens (tertiary/aromatic N) is 7. The van der Waals surface area contributed by atoms with Crippen molar-refractivity contribution in [2.75, 3.05) is 0 Å². The van der Waals surface area contributed by atoms with Crippen LogP contribution in [0.4, 0.5) is 39.8 Å². The minimum Gasteiger partial charge on any atom is -0.258 e. The minimum absolute atomic E-state index is 0.392. The van der Waals surface area contributed by atoms with Gasteiger partial charge in [0.25, 0.3) is 39.8 Å². The first-order chi connectivity index (χ1) is 20.1. The van der Waals surface area contributed by atoms with E-state index in [0.29, 0.717) is 24.3 Å². The molecule has 4 aromatic rings. The highest BCUT2D eigenvalue weighted by atomic mass is 16.7. The maximum absolute atomic E-state index is 12.1. The topological polar surface area (TPSA) is 302 Å². The van der Waals surface area contributed by atoms with Crippen molar-refractivity contribution in [1.82, 2.24) is 0 Å². The van der Waals surface area contributed by atoms with Crippen LogP contribution in [-0.4, -0.2) is 34.5 Å². The van der Waals surface area contributed by atoms with Crippen molar-refractivity contribution in [3.8, 4) is 22.3 Å². The summed E-state index contributed by atoms with van der Waals surface area (Å²) in [5.74, 6) is 0. The standard InChI is InChI=1S/C22H9N7O14/c30-23(31)10-6-16(26(36)37)21(17(7-10)27(38)39)13-4-5-15(25(34)35)20-12(13)2-1-3-14(20)22-18(28(40)41)8-11(24(32)33)9-19(22)29(42)43/h1-9H. The molecule has 21 heteroatoms. The molecule has 0 fully saturated rings. The Balaban J connectivity index is 2.28. The molecule has 4 rings (SSSR count). The summed E-state index contributed by atoms with van der Waals surface area (Å²) in [6.07, 6.45) is 0. The lowest BCUT2D eigenvalue weighted by Gasteiger charge is -2.13. The van der Waals surface area contributed by atoms with Gasteiger partial charge in [-0.3, -0.25) is 70.8 Å². The number of nitro benzene ring substituents is 7. The van der Waals surface area contributed by atoms with E-state index in [0.717, 1.165) is 30.3 Å². The van der Waals surface area contributed by atoms with Crippen LogP contribution in [0.15, 0.2) is 54.6 Å². The van der Waals surface area contributed by atoms with Crippen LogP contribution >= 0.6 is 0 Å². The van der Waals surface area contributed by atoms with Crippen LogP contribution in [0.1, 0.15) is 0 Å². The number of nitro groups is 7. The SMILES string of the molecule is O=[N+]([O-])c1cc([N+](=O)[O-])c(-c2ccc([N+](=O)[O-])c3c(-c4c([N+](=O)[O-])cc([N+](=O)[O-])cc4[N+](=O)[O-])cccc23)c([N+](=O)[O-])c1. The molecule has 0 atom stereocenters. The zero-order chi connectivity index (χ0) is 31.9. The van der Waals surface area contributed by atoms with Crippen molar-refractivity contribution in [3.63, 3.8) is 0 Å². The third-order valence-electron chi connectivity index (χ3n) is 6.13. The van der Waals surface area contributed by atoms with E-state index in [-0.39, 0.29) is 0 Å². The van der Waals surface area contributed by atoms with Crippen LogP contribution in [0.2, 0.25) is 0 Å². The zero-order valence-corrected chi connectivity index (χ0v) is 20.5. The average molecular weight is 595 g/mol. The summed E-state index contributed by atoms with van der Waals surface area (Å²) in [6.45, 7) is 0. The first kappa shape index (κ1) is 28.9. The van der Waals surface area contributed by atoms with E-state index in [1.807, 2.05) is 0 Å². The van der Waals surface area contributed by atoms with Gasteiger partial charge in [0.05, 0.1) is 64.1 Å². The van der Waals surface area contributed by atoms with Gasteiger partial charge in [-0.2, -0.15) is 0 Å². The molecule has 0 radical (unpaired) electrons. The van der Waals surface area contributed by atoms with Gasteiger partial charge in [-0.05, 0) is 11.5 Å². The second-order valence-corrected chi connectivity index (χ2v) is 8.38. The lowest BCUT2D eigenvalue weighted by Crippen LogP contribution is -2.03. The molecule has 0 N–H and O–H groups in total. The van der Waals surface area contributed by atoms with E-state index < -0.39 is 107 Å². The normalized spacial score (nSPS) is 10.7. The molecular weight excluding hydrogens is 586 g/mol. The highest BCUT2D eigenvalue weighted by Crippen LogP contribution is 2.50. The first-order valence-electron chi connectivity index (χ1n) is 11.1. The van der Waals surface area contributed by atoms with Crippen LogP contribution in [0.25, 0.3) is 33.0 Å². The average Bonchev–Trinajstić information content (AvgIpc) is 2.94. The van der Waals surface area contributed by atoms with Gasteiger partial charge in [-0.25, -0.2) is 0 Å². The smallest absolute Gasteiger partial charge is 0.258 e. The number of benzene rings is 4. The molecule has 4 aromatic carbocycles. The molecule has 0 bridgehead atoms. The van der Waals surface area contributed by atoms with Gasteiger partial charge in [-0.15, -0.1) is 0 Å². The minimum atomic E-state index is -1.20. The van der Waals surface area contributed by atoms with Crippen LogP contribution in [0, 0.1) is 70.8 Å². The van der Waals surface area contributed by atoms with Gasteiger partial charge in [-0.1, -0.05) is 18.2 Å². The van der Waals surface area contributed by atoms with E-state index in [4.69, 9.17) is 0 Å². The predicted octanol–water partition coefficient (Wildman–Crippen LogP) is 5.53. The quantitative estimate of drug-likeness (QED) is 0.170. The Morgan fingerprint density at radius 1 is 0.395 bits per heavy atom. The Hall–Kier alpha value is -7.06. The molecule has 0 aliphatic heterocycles. The number of non-ortho nitro benzene ring substituents is 3. The predicted molar refractivity (Wildman–Crippen MR) is 141 cm³/mol. The molecule has 0 saturated heterocycles. The Labute approximate surface area is 233 Å². The van der Waals surface area contributed by atoms with Crippen LogP contribution in [0.5, 0.6) is 0 Å². The Kier molecular flexibility index (Phi) is 7.06. The fraction of sp³-hybridized carbons (Fsp3) is 0. The van der Waals surface area contributed by atoms with Gasteiger partial charge < -0.3 is 0 Å². The molecule has 0 aliphatic carbocycles. The fourth-order valence-corrected chi connectivity index (χ4v) is 4.50. The van der Waals surface area contributed by atoms with Crippen molar-refractivity contribution < 1.29 is 34.5 Å². The van der Waals surface area contributed by atoms with Crippen molar-refractivity contribution in [3.05, 3.63) is 125 Å². The van der Waals surface area contributed by atoms with Crippen molar-refractivity contribution >= 4 is 50.6 Å². The Morgan fingerprint density at radius 2 is 0.767 bits per heavy atom. The Bertz CT molecular complexity index is 1920. The van der Waals surface area contributed by atoms with Crippen molar-refractivity contribution in [2.45, 2.75) is 0 Å². The molecule has 0 saturated carbocycles. The molecule has 0 unspecified atom stereocenters. The third-order valence-corrected chi connectivity index (χ3v) is 6.13. The monoisotopic (exact) mass is 595 g/mol. The molecule has 0 amide bonds. The van der Waals surface area contributed by atoms with Gasteiger partial charge >= 0.3 is 0 Å². The maximum Gasteiger partial charge on any atom is 0.291 e. The lowest BCUT2D eigenvalue weighted by molar-refractivity contribution is -0.402. The van der Waals surface area contributed by atoms with Crippen LogP contribution in [-0.2, 0) is 0 Å². The molecule has 0 aliphatic rings. The largest absolute Gasteiger partial charge is 0.291 e. The maximum atomic E-state index is 12.1. The zero-order valence-electron chi connectivity index (χ0n) is 20.5. The molecule has 216 valence electrons. The number of hydrogen-bond acceptors (Lipinski definition) is 14. The summed E-state index contributed by atoms with van der Waals surface area (Å²) in [7, 11) is 0. The van der Waals surface area contributed by atoms with Crippen molar-refractivity contribution in [2.24, 2.45) is 0 Å². The first-order valence-corrected chi connectivity index (χ1v) is 11.1. The van der Waals surface area contributed by atoms with E-state index in [9.17, 15) is 70.8 Å². The molecule has 0 spiro atoms. The van der Waals surface area contributed by atoms with E-state index >= 15 is 0 Å². The van der Waals surface area contributed by atoms with Crippen LogP contribution in [0.3, 0.4) is 0 Å². The van der Waals surface area contributed by atoms with Gasteiger partial charge in [0.15, 0.2) is 0 Å². The number of fused-ring (bicyclic) bond motifs is 1. The van der Waals surface area contributed by atoms with E-state index in [1.165, 1.54) is 0 Å². The van der Waals surface area contributed by atoms with E-state index in [1.54, 1.807) is 0 Å². The van der Waals surface area contributed by atoms with Crippen LogP contribution < -0.4 is 0 Å². The molecule has 0 aromatic heterocycles. The number of rotatable bonds is 9. The van der Waals surface area contributed by atoms with Gasteiger partial charge in [0.1, 0.15) is 11.1 Å². The summed E-state index contributed by atoms with van der Waals surface area (Å²) in [5, 5.41) is 81.4. The summed E-state index contributed by atoms with van der Waals surface area (Å²) in [5.41, 5.74) is -10.4. The second kappa shape index (κ2) is 10.5. The summed E-state index contributed by atoms with van der Waals surface area (Å²) in [4.78, 5) is 74.4. The second-order valence-electron chi connectivity index (χ2n) is 8.38. The molecule has 0 heterocycles. The van der Waals surface area contributed by atoms with Crippen molar-refractivity contribution in [1.29, 1.82) is 0 Å². The fourth-order valence-electron chi connectivity index (χ4n) is 4.50. The molecule has 21 nitrogen and oxygen atoms in total. The summed E-state index contributed by atoms with van der Waals surface area (Å²) < 4.78 is 0. The number of hydrogen-bond donors (Lipinski definition) is 0.